The van der Waals surface area contributed by atoms with Crippen molar-refractivity contribution in [3.8, 4) is 10.8 Å². The minimum absolute atomic E-state index is 0.152. The van der Waals surface area contributed by atoms with E-state index >= 15 is 0 Å². The molecule has 0 bridgehead atoms. The van der Waals surface area contributed by atoms with Crippen molar-refractivity contribution >= 4 is 17.2 Å². The maximum Gasteiger partial charge on any atom is 0.273 e. The molecule has 1 unspecified atom stereocenters. The standard InChI is InChI=1S/C15H18N2O3S/c1-9-13(16-14(21-9)12-4-3-7-20-12)15(19)17(2)8-11(18)10-5-6-10/h3-4,7,10-11,18H,5-6,8H2,1-2H3. The molecule has 1 atom stereocenters. The van der Waals surface area contributed by atoms with E-state index in [9.17, 15) is 9.90 Å². The van der Waals surface area contributed by atoms with E-state index < -0.39 is 6.10 Å². The Kier molecular flexibility index (Phi) is 3.82. The molecule has 5 nitrogen and oxygen atoms in total. The second kappa shape index (κ2) is 5.61. The monoisotopic (exact) mass is 306 g/mol. The molecule has 3 rings (SSSR count). The van der Waals surface area contributed by atoms with Gasteiger partial charge in [0.15, 0.2) is 10.8 Å². The van der Waals surface area contributed by atoms with Crippen molar-refractivity contribution in [2.24, 2.45) is 5.92 Å². The maximum absolute atomic E-state index is 12.5. The van der Waals surface area contributed by atoms with Crippen molar-refractivity contribution in [2.75, 3.05) is 13.6 Å². The predicted octanol–water partition coefficient (Wildman–Crippen LogP) is 2.55. The molecule has 0 aliphatic heterocycles. The molecular weight excluding hydrogens is 288 g/mol. The molecule has 1 fully saturated rings. The fourth-order valence-electron chi connectivity index (χ4n) is 2.27. The molecule has 1 saturated carbocycles. The van der Waals surface area contributed by atoms with Gasteiger partial charge in [0.25, 0.3) is 5.91 Å². The van der Waals surface area contributed by atoms with Crippen molar-refractivity contribution in [3.63, 3.8) is 0 Å². The van der Waals surface area contributed by atoms with Gasteiger partial charge in [0.1, 0.15) is 5.69 Å². The zero-order valence-corrected chi connectivity index (χ0v) is 12.9. The number of furan rings is 1. The molecule has 0 saturated heterocycles. The summed E-state index contributed by atoms with van der Waals surface area (Å²) in [7, 11) is 1.71. The minimum Gasteiger partial charge on any atom is -0.462 e. The molecule has 1 amide bonds. The van der Waals surface area contributed by atoms with Crippen LogP contribution in [0.25, 0.3) is 10.8 Å². The zero-order chi connectivity index (χ0) is 15.0. The lowest BCUT2D eigenvalue weighted by atomic mass is 10.2. The molecule has 2 aromatic heterocycles. The Labute approximate surface area is 127 Å². The molecule has 2 heterocycles. The summed E-state index contributed by atoms with van der Waals surface area (Å²) >= 11 is 1.44. The van der Waals surface area contributed by atoms with Gasteiger partial charge in [-0.1, -0.05) is 0 Å². The Morgan fingerprint density at radius 3 is 3.00 bits per heavy atom. The number of rotatable bonds is 5. The van der Waals surface area contributed by atoms with Gasteiger partial charge in [0.2, 0.25) is 0 Å². The smallest absolute Gasteiger partial charge is 0.273 e. The van der Waals surface area contributed by atoms with Crippen molar-refractivity contribution in [2.45, 2.75) is 25.9 Å². The Balaban J connectivity index is 1.74. The van der Waals surface area contributed by atoms with E-state index in [2.05, 4.69) is 4.98 Å². The molecule has 112 valence electrons. The lowest BCUT2D eigenvalue weighted by Crippen LogP contribution is -2.35. The number of carbonyl (C=O) groups is 1. The van der Waals surface area contributed by atoms with Crippen LogP contribution in [0.4, 0.5) is 0 Å². The second-order valence-corrected chi connectivity index (χ2v) is 6.69. The zero-order valence-electron chi connectivity index (χ0n) is 12.1. The number of hydrogen-bond donors (Lipinski definition) is 1. The summed E-state index contributed by atoms with van der Waals surface area (Å²) in [6.07, 6.45) is 3.27. The highest BCUT2D eigenvalue weighted by molar-refractivity contribution is 7.15. The van der Waals surface area contributed by atoms with E-state index in [1.807, 2.05) is 13.0 Å². The molecule has 1 N–H and O–H groups in total. The number of aromatic nitrogens is 1. The van der Waals surface area contributed by atoms with Crippen LogP contribution in [-0.2, 0) is 0 Å². The first-order valence-corrected chi connectivity index (χ1v) is 7.82. The average molecular weight is 306 g/mol. The minimum atomic E-state index is -0.428. The van der Waals surface area contributed by atoms with Crippen LogP contribution < -0.4 is 0 Å². The quantitative estimate of drug-likeness (QED) is 0.922. The topological polar surface area (TPSA) is 66.6 Å². The van der Waals surface area contributed by atoms with Gasteiger partial charge in [0.05, 0.1) is 12.4 Å². The van der Waals surface area contributed by atoms with Gasteiger partial charge in [0, 0.05) is 18.5 Å². The Morgan fingerprint density at radius 2 is 2.38 bits per heavy atom. The molecular formula is C15H18N2O3S. The highest BCUT2D eigenvalue weighted by Gasteiger charge is 2.32. The van der Waals surface area contributed by atoms with Crippen LogP contribution in [0.5, 0.6) is 0 Å². The van der Waals surface area contributed by atoms with Gasteiger partial charge in [-0.3, -0.25) is 4.79 Å². The van der Waals surface area contributed by atoms with Crippen LogP contribution in [0.2, 0.25) is 0 Å². The number of likely N-dealkylation sites (N-methyl/N-ethyl adjacent to an activating group) is 1. The van der Waals surface area contributed by atoms with E-state index in [0.717, 1.165) is 17.7 Å². The van der Waals surface area contributed by atoms with E-state index in [-0.39, 0.29) is 5.91 Å². The van der Waals surface area contributed by atoms with Crippen LogP contribution in [0.15, 0.2) is 22.8 Å². The van der Waals surface area contributed by atoms with Gasteiger partial charge in [-0.2, -0.15) is 0 Å². The van der Waals surface area contributed by atoms with Gasteiger partial charge in [-0.05, 0) is 37.8 Å². The van der Waals surface area contributed by atoms with Gasteiger partial charge < -0.3 is 14.4 Å². The highest BCUT2D eigenvalue weighted by Crippen LogP contribution is 2.33. The lowest BCUT2D eigenvalue weighted by Gasteiger charge is -2.20. The summed E-state index contributed by atoms with van der Waals surface area (Å²) in [4.78, 5) is 19.3. The van der Waals surface area contributed by atoms with Crippen LogP contribution in [0, 0.1) is 12.8 Å². The Hall–Kier alpha value is -1.66. The fourth-order valence-corrected chi connectivity index (χ4v) is 3.15. The molecule has 0 spiro atoms. The van der Waals surface area contributed by atoms with Gasteiger partial charge in [-0.15, -0.1) is 11.3 Å². The normalized spacial score (nSPS) is 16.0. The average Bonchev–Trinajstić information content (AvgIpc) is 3.03. The molecule has 1 aliphatic carbocycles. The summed E-state index contributed by atoms with van der Waals surface area (Å²) in [5.41, 5.74) is 0.442. The third-order valence-electron chi connectivity index (χ3n) is 3.70. The van der Waals surface area contributed by atoms with E-state index in [4.69, 9.17) is 4.42 Å². The first kappa shape index (κ1) is 14.3. The van der Waals surface area contributed by atoms with Crippen LogP contribution in [0.1, 0.15) is 28.2 Å². The second-order valence-electron chi connectivity index (χ2n) is 5.49. The molecule has 1 aliphatic rings. The van der Waals surface area contributed by atoms with E-state index in [1.165, 1.54) is 11.3 Å². The first-order valence-electron chi connectivity index (χ1n) is 7.01. The Bertz CT molecular complexity index is 631. The number of thiazole rings is 1. The SMILES string of the molecule is Cc1sc(-c2ccco2)nc1C(=O)N(C)CC(O)C1CC1. The molecule has 0 aromatic carbocycles. The highest BCUT2D eigenvalue weighted by atomic mass is 32.1. The molecule has 0 radical (unpaired) electrons. The van der Waals surface area contributed by atoms with Gasteiger partial charge >= 0.3 is 0 Å². The molecule has 6 heteroatoms. The number of aliphatic hydroxyl groups excluding tert-OH is 1. The summed E-state index contributed by atoms with van der Waals surface area (Å²) < 4.78 is 5.32. The summed E-state index contributed by atoms with van der Waals surface area (Å²) in [5.74, 6) is 0.875. The summed E-state index contributed by atoms with van der Waals surface area (Å²) in [6, 6.07) is 3.62. The number of nitrogens with zero attached hydrogens (tertiary/aromatic N) is 2. The number of hydrogen-bond acceptors (Lipinski definition) is 5. The van der Waals surface area contributed by atoms with Crippen molar-refractivity contribution in [1.82, 2.24) is 9.88 Å². The Morgan fingerprint density at radius 1 is 1.62 bits per heavy atom. The van der Waals surface area contributed by atoms with Crippen molar-refractivity contribution in [3.05, 3.63) is 29.0 Å². The third kappa shape index (κ3) is 3.01. The summed E-state index contributed by atoms with van der Waals surface area (Å²) in [6.45, 7) is 2.24. The fraction of sp³-hybridized carbons (Fsp3) is 0.467. The number of carbonyl (C=O) groups excluding carboxylic acids is 1. The lowest BCUT2D eigenvalue weighted by molar-refractivity contribution is 0.0640. The predicted molar refractivity (Wildman–Crippen MR) is 80.2 cm³/mol. The number of amides is 1. The van der Waals surface area contributed by atoms with E-state index in [0.29, 0.717) is 28.9 Å². The van der Waals surface area contributed by atoms with Crippen LogP contribution in [-0.4, -0.2) is 40.6 Å². The number of aliphatic hydroxyl groups is 1. The largest absolute Gasteiger partial charge is 0.462 e. The first-order chi connectivity index (χ1) is 10.1. The van der Waals surface area contributed by atoms with Gasteiger partial charge in [-0.25, -0.2) is 4.98 Å². The number of aryl methyl sites for hydroxylation is 1. The third-order valence-corrected chi connectivity index (χ3v) is 4.69. The van der Waals surface area contributed by atoms with Crippen LogP contribution >= 0.6 is 11.3 Å². The van der Waals surface area contributed by atoms with E-state index in [1.54, 1.807) is 24.3 Å². The summed E-state index contributed by atoms with van der Waals surface area (Å²) in [5, 5.41) is 10.7. The van der Waals surface area contributed by atoms with Crippen molar-refractivity contribution in [1.29, 1.82) is 0 Å². The van der Waals surface area contributed by atoms with Crippen LogP contribution in [0.3, 0.4) is 0 Å². The molecule has 2 aromatic rings. The van der Waals surface area contributed by atoms with Crippen molar-refractivity contribution < 1.29 is 14.3 Å². The molecule has 21 heavy (non-hydrogen) atoms. The maximum atomic E-state index is 12.5.